The molecule has 1 aromatic rings. The first-order valence-corrected chi connectivity index (χ1v) is 11.2. The van der Waals surface area contributed by atoms with Crippen molar-refractivity contribution in [3.63, 3.8) is 0 Å². The van der Waals surface area contributed by atoms with Crippen molar-refractivity contribution in [3.8, 4) is 0 Å². The first kappa shape index (κ1) is 26.6. The largest absolute Gasteiger partial charge is 0.480 e. The van der Waals surface area contributed by atoms with Crippen LogP contribution in [0.2, 0.25) is 0 Å². The van der Waals surface area contributed by atoms with Crippen LogP contribution in [0.5, 0.6) is 0 Å². The highest BCUT2D eigenvalue weighted by atomic mass is 32.2. The van der Waals surface area contributed by atoms with E-state index in [0.717, 1.165) is 0 Å². The summed E-state index contributed by atoms with van der Waals surface area (Å²) in [6.45, 7) is 7.95. The number of carbonyl (C=O) groups is 4. The molecule has 33 heavy (non-hydrogen) atoms. The molecule has 1 aliphatic rings. The molecule has 11 heteroatoms. The zero-order valence-electron chi connectivity index (χ0n) is 19.3. The van der Waals surface area contributed by atoms with E-state index < -0.39 is 64.3 Å². The Balaban J connectivity index is 2.03. The van der Waals surface area contributed by atoms with Gasteiger partial charge in [0, 0.05) is 4.75 Å². The molecule has 182 valence electrons. The summed E-state index contributed by atoms with van der Waals surface area (Å²) in [7, 11) is 0. The average molecular weight is 482 g/mol. The molecule has 2 unspecified atom stereocenters. The number of nitrogens with one attached hydrogen (secondary N) is 2. The van der Waals surface area contributed by atoms with Gasteiger partial charge in [-0.15, -0.1) is 11.8 Å². The molecule has 0 saturated carbocycles. The molecule has 1 aromatic carbocycles. The highest BCUT2D eigenvalue weighted by molar-refractivity contribution is 8.01. The highest BCUT2D eigenvalue weighted by Crippen LogP contribution is 2.39. The molecule has 1 amide bonds. The van der Waals surface area contributed by atoms with Crippen LogP contribution < -0.4 is 16.4 Å². The Bertz CT molecular complexity index is 886. The predicted octanol–water partition coefficient (Wildman–Crippen LogP) is 1.16. The van der Waals surface area contributed by atoms with Crippen LogP contribution in [0.15, 0.2) is 30.3 Å². The van der Waals surface area contributed by atoms with Crippen LogP contribution in [0, 0.1) is 5.41 Å². The first-order chi connectivity index (χ1) is 15.2. The van der Waals surface area contributed by atoms with E-state index in [0.29, 0.717) is 5.56 Å². The second-order valence-corrected chi connectivity index (χ2v) is 11.0. The van der Waals surface area contributed by atoms with Gasteiger partial charge in [-0.05, 0) is 40.2 Å². The third-order valence-electron chi connectivity index (χ3n) is 5.00. The third kappa shape index (κ3) is 6.92. The minimum atomic E-state index is -1.35. The van der Waals surface area contributed by atoms with Crippen molar-refractivity contribution in [3.05, 3.63) is 35.9 Å². The van der Waals surface area contributed by atoms with Gasteiger partial charge >= 0.3 is 17.9 Å². The van der Waals surface area contributed by atoms with E-state index in [-0.39, 0.29) is 0 Å². The Morgan fingerprint density at radius 3 is 2.33 bits per heavy atom. The lowest BCUT2D eigenvalue weighted by molar-refractivity contribution is -0.174. The second kappa shape index (κ2) is 10.5. The number of nitrogens with two attached hydrogens (primary N) is 1. The van der Waals surface area contributed by atoms with E-state index in [1.807, 2.05) is 0 Å². The normalized spacial score (nSPS) is 21.5. The Labute approximate surface area is 196 Å². The van der Waals surface area contributed by atoms with Crippen LogP contribution in [0.25, 0.3) is 0 Å². The number of thioether (sulfide) groups is 1. The smallest absolute Gasteiger partial charge is 0.328 e. The molecule has 1 fully saturated rings. The van der Waals surface area contributed by atoms with Crippen LogP contribution in [0.1, 0.15) is 46.2 Å². The maximum Gasteiger partial charge on any atom is 0.328 e. The van der Waals surface area contributed by atoms with Gasteiger partial charge in [0.05, 0.1) is 10.8 Å². The number of esters is 2. The minimum absolute atomic E-state index is 0.524. The molecule has 5 N–H and O–H groups in total. The maximum atomic E-state index is 12.6. The van der Waals surface area contributed by atoms with Crippen molar-refractivity contribution >= 4 is 35.6 Å². The number of aliphatic carboxylic acids is 1. The van der Waals surface area contributed by atoms with Crippen LogP contribution >= 0.6 is 11.8 Å². The number of hydrogen-bond acceptors (Lipinski definition) is 9. The summed E-state index contributed by atoms with van der Waals surface area (Å²) in [5, 5.41) is 14.3. The number of benzene rings is 1. The van der Waals surface area contributed by atoms with Gasteiger partial charge in [0.1, 0.15) is 12.1 Å². The molecule has 2 rings (SSSR count). The van der Waals surface area contributed by atoms with Gasteiger partial charge in [0.25, 0.3) is 0 Å². The summed E-state index contributed by atoms with van der Waals surface area (Å²) < 4.78 is 9.27. The van der Waals surface area contributed by atoms with Crippen molar-refractivity contribution in [2.75, 3.05) is 6.79 Å². The number of hydrogen-bond donors (Lipinski definition) is 4. The lowest BCUT2D eigenvalue weighted by Crippen LogP contribution is -2.55. The van der Waals surface area contributed by atoms with Crippen molar-refractivity contribution < 1.29 is 33.8 Å². The average Bonchev–Trinajstić information content (AvgIpc) is 3.05. The SMILES string of the molecule is CC(C)(C)C(=O)OCOC(=O)[C@@H]1NC(C(NC(=O)[C@H](N)c2ccccc2)C(=O)O)SC1(C)C. The number of amides is 1. The van der Waals surface area contributed by atoms with Gasteiger partial charge < -0.3 is 25.6 Å². The van der Waals surface area contributed by atoms with E-state index in [1.165, 1.54) is 11.8 Å². The molecular formula is C22H31N3O7S. The molecule has 10 nitrogen and oxygen atoms in total. The fourth-order valence-electron chi connectivity index (χ4n) is 3.07. The standard InChI is InChI=1S/C22H31N3O7S/c1-21(2,3)20(30)32-11-31-19(29)15-22(4,5)33-17(25-15)14(18(27)28)24-16(26)13(23)12-9-7-6-8-10-12/h6-10,13-15,17,25H,11,23H2,1-5H3,(H,24,26)(H,27,28)/t13-,14?,15+,17?/m1/s1. The van der Waals surface area contributed by atoms with Crippen LogP contribution in [-0.4, -0.2) is 57.9 Å². The Kier molecular flexibility index (Phi) is 8.50. The zero-order chi connectivity index (χ0) is 25.0. The van der Waals surface area contributed by atoms with Gasteiger partial charge in [0.2, 0.25) is 12.7 Å². The maximum absolute atomic E-state index is 12.6. The Hall–Kier alpha value is -2.63. The zero-order valence-corrected chi connectivity index (χ0v) is 20.1. The number of rotatable bonds is 8. The van der Waals surface area contributed by atoms with Crippen molar-refractivity contribution in [1.29, 1.82) is 0 Å². The number of ether oxygens (including phenoxy) is 2. The summed E-state index contributed by atoms with van der Waals surface area (Å²) in [6.07, 6.45) is 0. The predicted molar refractivity (Wildman–Crippen MR) is 122 cm³/mol. The third-order valence-corrected chi connectivity index (χ3v) is 6.51. The summed E-state index contributed by atoms with van der Waals surface area (Å²) in [5.74, 6) is -3.16. The van der Waals surface area contributed by atoms with Gasteiger partial charge in [-0.1, -0.05) is 30.3 Å². The molecule has 0 bridgehead atoms. The number of carboxylic acids is 1. The molecule has 1 saturated heterocycles. The Morgan fingerprint density at radius 2 is 1.79 bits per heavy atom. The summed E-state index contributed by atoms with van der Waals surface area (Å²) >= 11 is 1.18. The molecule has 1 heterocycles. The highest BCUT2D eigenvalue weighted by Gasteiger charge is 2.50. The molecule has 0 radical (unpaired) electrons. The fraction of sp³-hybridized carbons (Fsp3) is 0.545. The lowest BCUT2D eigenvalue weighted by atomic mass is 9.98. The summed E-state index contributed by atoms with van der Waals surface area (Å²) in [4.78, 5) is 49.0. The van der Waals surface area contributed by atoms with Crippen molar-refractivity contribution in [1.82, 2.24) is 10.6 Å². The fourth-order valence-corrected chi connectivity index (χ4v) is 4.55. The topological polar surface area (TPSA) is 157 Å². The first-order valence-electron chi connectivity index (χ1n) is 10.4. The molecule has 1 aliphatic heterocycles. The van der Waals surface area contributed by atoms with Crippen LogP contribution in [0.4, 0.5) is 0 Å². The van der Waals surface area contributed by atoms with Crippen molar-refractivity contribution in [2.24, 2.45) is 11.1 Å². The summed E-state index contributed by atoms with van der Waals surface area (Å²) in [6, 6.07) is 5.26. The number of carboxylic acid groups (broad SMARTS) is 1. The molecule has 0 aromatic heterocycles. The van der Waals surface area contributed by atoms with E-state index in [2.05, 4.69) is 10.6 Å². The number of carbonyl (C=O) groups excluding carboxylic acids is 3. The molecule has 4 atom stereocenters. The van der Waals surface area contributed by atoms with Gasteiger partial charge in [-0.3, -0.25) is 19.7 Å². The quantitative estimate of drug-likeness (QED) is 0.314. The van der Waals surface area contributed by atoms with Crippen LogP contribution in [-0.2, 0) is 28.7 Å². The molecule has 0 spiro atoms. The van der Waals surface area contributed by atoms with Crippen LogP contribution in [0.3, 0.4) is 0 Å². The second-order valence-electron chi connectivity index (χ2n) is 9.22. The van der Waals surface area contributed by atoms with E-state index in [9.17, 15) is 24.3 Å². The molecular weight excluding hydrogens is 450 g/mol. The van der Waals surface area contributed by atoms with E-state index in [4.69, 9.17) is 15.2 Å². The van der Waals surface area contributed by atoms with Gasteiger partial charge in [0.15, 0.2) is 6.04 Å². The van der Waals surface area contributed by atoms with Gasteiger partial charge in [-0.2, -0.15) is 0 Å². The van der Waals surface area contributed by atoms with Gasteiger partial charge in [-0.25, -0.2) is 4.79 Å². The Morgan fingerprint density at radius 1 is 1.18 bits per heavy atom. The van der Waals surface area contributed by atoms with E-state index >= 15 is 0 Å². The van der Waals surface area contributed by atoms with Crippen molar-refractivity contribution in [2.45, 2.75) is 62.9 Å². The molecule has 0 aliphatic carbocycles. The monoisotopic (exact) mass is 481 g/mol. The summed E-state index contributed by atoms with van der Waals surface area (Å²) in [5.41, 5.74) is 5.77. The van der Waals surface area contributed by atoms with E-state index in [1.54, 1.807) is 65.0 Å². The lowest BCUT2D eigenvalue weighted by Gasteiger charge is -2.24. The minimum Gasteiger partial charge on any atom is -0.480 e.